The topological polar surface area (TPSA) is 80.0 Å². The van der Waals surface area contributed by atoms with Gasteiger partial charge in [-0.2, -0.15) is 0 Å². The molecule has 1 aliphatic carbocycles. The zero-order valence-corrected chi connectivity index (χ0v) is 9.94. The standard InChI is InChI=1S/C12H18N4O/c1-8(9-3-2-4-9)15-12(17)10-5-6-14-7-11(10)16-13/h5-9,16H,2-4,13H2,1H3,(H,15,17). The molecule has 5 nitrogen and oxygen atoms in total. The molecule has 1 saturated carbocycles. The highest BCUT2D eigenvalue weighted by Crippen LogP contribution is 2.29. The first-order valence-corrected chi connectivity index (χ1v) is 5.94. The number of hydrogen-bond donors (Lipinski definition) is 3. The molecule has 1 fully saturated rings. The maximum atomic E-state index is 12.0. The van der Waals surface area contributed by atoms with Crippen molar-refractivity contribution >= 4 is 11.6 Å². The van der Waals surface area contributed by atoms with Crippen molar-refractivity contribution in [2.45, 2.75) is 32.2 Å². The summed E-state index contributed by atoms with van der Waals surface area (Å²) in [6.07, 6.45) is 6.82. The summed E-state index contributed by atoms with van der Waals surface area (Å²) in [5, 5.41) is 3.01. The Balaban J connectivity index is 2.03. The molecule has 1 unspecified atom stereocenters. The highest BCUT2D eigenvalue weighted by Gasteiger charge is 2.25. The summed E-state index contributed by atoms with van der Waals surface area (Å²) < 4.78 is 0. The minimum atomic E-state index is -0.0975. The number of rotatable bonds is 4. The van der Waals surface area contributed by atoms with Crippen molar-refractivity contribution in [3.05, 3.63) is 24.0 Å². The Morgan fingerprint density at radius 1 is 1.59 bits per heavy atom. The smallest absolute Gasteiger partial charge is 0.253 e. The van der Waals surface area contributed by atoms with E-state index in [1.807, 2.05) is 0 Å². The zero-order valence-electron chi connectivity index (χ0n) is 9.94. The van der Waals surface area contributed by atoms with Gasteiger partial charge in [0.25, 0.3) is 5.91 Å². The third kappa shape index (κ3) is 2.55. The van der Waals surface area contributed by atoms with E-state index in [2.05, 4.69) is 22.7 Å². The van der Waals surface area contributed by atoms with Crippen LogP contribution in [-0.4, -0.2) is 16.9 Å². The molecular weight excluding hydrogens is 216 g/mol. The Hall–Kier alpha value is -1.62. The molecule has 0 spiro atoms. The number of nitrogens with zero attached hydrogens (tertiary/aromatic N) is 1. The Morgan fingerprint density at radius 3 is 2.94 bits per heavy atom. The number of aromatic nitrogens is 1. The maximum Gasteiger partial charge on any atom is 0.253 e. The van der Waals surface area contributed by atoms with Gasteiger partial charge < -0.3 is 10.7 Å². The van der Waals surface area contributed by atoms with Gasteiger partial charge in [0, 0.05) is 12.2 Å². The van der Waals surface area contributed by atoms with Crippen LogP contribution in [-0.2, 0) is 0 Å². The second-order valence-electron chi connectivity index (χ2n) is 4.52. The fourth-order valence-corrected chi connectivity index (χ4v) is 2.05. The van der Waals surface area contributed by atoms with Crippen molar-refractivity contribution in [2.75, 3.05) is 5.43 Å². The molecule has 1 heterocycles. The summed E-state index contributed by atoms with van der Waals surface area (Å²) in [4.78, 5) is 16.0. The quantitative estimate of drug-likeness (QED) is 0.541. The Kier molecular flexibility index (Phi) is 3.58. The molecule has 92 valence electrons. The summed E-state index contributed by atoms with van der Waals surface area (Å²) in [6, 6.07) is 1.88. The molecule has 1 aromatic heterocycles. The molecule has 1 atom stereocenters. The predicted molar refractivity (Wildman–Crippen MR) is 66.3 cm³/mol. The van der Waals surface area contributed by atoms with Crippen LogP contribution in [0.25, 0.3) is 0 Å². The van der Waals surface area contributed by atoms with Crippen molar-refractivity contribution in [1.29, 1.82) is 0 Å². The number of carbonyl (C=O) groups is 1. The summed E-state index contributed by atoms with van der Waals surface area (Å²) >= 11 is 0. The lowest BCUT2D eigenvalue weighted by Gasteiger charge is -2.32. The van der Waals surface area contributed by atoms with E-state index in [1.54, 1.807) is 18.5 Å². The second-order valence-corrected chi connectivity index (χ2v) is 4.52. The Bertz CT molecular complexity index is 403. The number of hydrazine groups is 1. The molecule has 4 N–H and O–H groups in total. The largest absolute Gasteiger partial charge is 0.349 e. The first kappa shape index (κ1) is 11.9. The van der Waals surface area contributed by atoms with Gasteiger partial charge in [-0.05, 0) is 31.7 Å². The summed E-state index contributed by atoms with van der Waals surface area (Å²) in [6.45, 7) is 2.05. The highest BCUT2D eigenvalue weighted by atomic mass is 16.1. The van der Waals surface area contributed by atoms with Crippen molar-refractivity contribution in [3.8, 4) is 0 Å². The summed E-state index contributed by atoms with van der Waals surface area (Å²) in [5.74, 6) is 5.87. The lowest BCUT2D eigenvalue weighted by Crippen LogP contribution is -2.41. The van der Waals surface area contributed by atoms with Crippen LogP contribution < -0.4 is 16.6 Å². The average Bonchev–Trinajstić information content (AvgIpc) is 2.26. The van der Waals surface area contributed by atoms with Gasteiger partial charge in [-0.25, -0.2) is 0 Å². The number of carbonyl (C=O) groups excluding carboxylic acids is 1. The minimum Gasteiger partial charge on any atom is -0.349 e. The van der Waals surface area contributed by atoms with Crippen LogP contribution in [0.1, 0.15) is 36.5 Å². The number of hydrogen-bond acceptors (Lipinski definition) is 4. The van der Waals surface area contributed by atoms with Crippen LogP contribution in [0, 0.1) is 5.92 Å². The van der Waals surface area contributed by atoms with Crippen LogP contribution in [0.2, 0.25) is 0 Å². The van der Waals surface area contributed by atoms with E-state index in [9.17, 15) is 4.79 Å². The first-order valence-electron chi connectivity index (χ1n) is 5.94. The SMILES string of the molecule is CC(NC(=O)c1ccncc1NN)C1CCC1. The molecule has 17 heavy (non-hydrogen) atoms. The fraction of sp³-hybridized carbons (Fsp3) is 0.500. The van der Waals surface area contributed by atoms with Crippen molar-refractivity contribution in [1.82, 2.24) is 10.3 Å². The van der Waals surface area contributed by atoms with Gasteiger partial charge in [-0.15, -0.1) is 0 Å². The molecule has 0 aliphatic heterocycles. The number of nitrogens with one attached hydrogen (secondary N) is 2. The van der Waals surface area contributed by atoms with Crippen molar-refractivity contribution < 1.29 is 4.79 Å². The number of nitrogens with two attached hydrogens (primary N) is 1. The lowest BCUT2D eigenvalue weighted by atomic mass is 9.80. The van der Waals surface area contributed by atoms with Gasteiger partial charge in [-0.1, -0.05) is 6.42 Å². The number of pyridine rings is 1. The molecule has 0 aromatic carbocycles. The Morgan fingerprint density at radius 2 is 2.35 bits per heavy atom. The van der Waals surface area contributed by atoms with Crippen LogP contribution in [0.5, 0.6) is 0 Å². The first-order chi connectivity index (χ1) is 8.22. The van der Waals surface area contributed by atoms with E-state index in [1.165, 1.54) is 19.3 Å². The van der Waals surface area contributed by atoms with E-state index < -0.39 is 0 Å². The molecule has 2 rings (SSSR count). The zero-order chi connectivity index (χ0) is 12.3. The predicted octanol–water partition coefficient (Wildman–Crippen LogP) is 1.29. The molecule has 1 amide bonds. The highest BCUT2D eigenvalue weighted by molar-refractivity contribution is 5.99. The number of nitrogen functional groups attached to an aromatic ring is 1. The van der Waals surface area contributed by atoms with Gasteiger partial charge >= 0.3 is 0 Å². The normalized spacial score (nSPS) is 17.1. The van der Waals surface area contributed by atoms with Crippen LogP contribution in [0.3, 0.4) is 0 Å². The minimum absolute atomic E-state index is 0.0975. The maximum absolute atomic E-state index is 12.0. The third-order valence-electron chi connectivity index (χ3n) is 3.44. The van der Waals surface area contributed by atoms with Crippen LogP contribution in [0.15, 0.2) is 18.5 Å². The monoisotopic (exact) mass is 234 g/mol. The summed E-state index contributed by atoms with van der Waals surface area (Å²) in [5.41, 5.74) is 3.57. The molecule has 1 aliphatic rings. The van der Waals surface area contributed by atoms with Gasteiger partial charge in [0.05, 0.1) is 17.4 Å². The van der Waals surface area contributed by atoms with E-state index in [-0.39, 0.29) is 11.9 Å². The molecule has 0 saturated heterocycles. The van der Waals surface area contributed by atoms with Gasteiger partial charge in [0.1, 0.15) is 0 Å². The average molecular weight is 234 g/mol. The van der Waals surface area contributed by atoms with E-state index in [0.29, 0.717) is 17.2 Å². The second kappa shape index (κ2) is 5.14. The molecule has 1 aromatic rings. The van der Waals surface area contributed by atoms with Gasteiger partial charge in [0.15, 0.2) is 0 Å². The number of anilines is 1. The lowest BCUT2D eigenvalue weighted by molar-refractivity contribution is 0.0910. The third-order valence-corrected chi connectivity index (χ3v) is 3.44. The van der Waals surface area contributed by atoms with E-state index in [0.717, 1.165) is 0 Å². The Labute approximate surface area is 101 Å². The summed E-state index contributed by atoms with van der Waals surface area (Å²) in [7, 11) is 0. The van der Waals surface area contributed by atoms with Gasteiger partial charge in [0.2, 0.25) is 0 Å². The van der Waals surface area contributed by atoms with E-state index in [4.69, 9.17) is 5.84 Å². The van der Waals surface area contributed by atoms with Crippen LogP contribution >= 0.6 is 0 Å². The molecule has 0 radical (unpaired) electrons. The number of amides is 1. The van der Waals surface area contributed by atoms with Crippen molar-refractivity contribution in [2.24, 2.45) is 11.8 Å². The van der Waals surface area contributed by atoms with Crippen molar-refractivity contribution in [3.63, 3.8) is 0 Å². The fourth-order valence-electron chi connectivity index (χ4n) is 2.05. The van der Waals surface area contributed by atoms with Crippen LogP contribution in [0.4, 0.5) is 5.69 Å². The molecular formula is C12H18N4O. The molecule has 0 bridgehead atoms. The molecule has 5 heteroatoms. The van der Waals surface area contributed by atoms with E-state index >= 15 is 0 Å². The van der Waals surface area contributed by atoms with Gasteiger partial charge in [-0.3, -0.25) is 15.6 Å².